The highest BCUT2D eigenvalue weighted by Gasteiger charge is 2.35. The fourth-order valence-electron chi connectivity index (χ4n) is 3.83. The molecule has 0 heterocycles. The smallest absolute Gasteiger partial charge is 0.408 e. The van der Waals surface area contributed by atoms with Crippen molar-refractivity contribution in [3.8, 4) is 0 Å². The third-order valence-corrected chi connectivity index (χ3v) is 5.79. The maximum absolute atomic E-state index is 13.8. The molecule has 0 bridgehead atoms. The molecule has 0 fully saturated rings. The molecular formula is C27H36ClN3O5. The summed E-state index contributed by atoms with van der Waals surface area (Å²) in [6.07, 6.45) is -0.758. The van der Waals surface area contributed by atoms with Crippen molar-refractivity contribution in [1.29, 1.82) is 0 Å². The van der Waals surface area contributed by atoms with Gasteiger partial charge in [0.15, 0.2) is 0 Å². The first-order valence-corrected chi connectivity index (χ1v) is 12.2. The van der Waals surface area contributed by atoms with E-state index in [0.717, 1.165) is 16.7 Å². The van der Waals surface area contributed by atoms with Gasteiger partial charge in [-0.05, 0) is 71.2 Å². The average Bonchev–Trinajstić information content (AvgIpc) is 2.75. The molecule has 0 aliphatic heterocycles. The molecule has 0 radical (unpaired) electrons. The minimum Gasteiger partial charge on any atom is -0.444 e. The fraction of sp³-hybridized carbons (Fsp3) is 0.444. The Hall–Kier alpha value is -3.10. The molecule has 2 atom stereocenters. The summed E-state index contributed by atoms with van der Waals surface area (Å²) < 4.78 is 5.26. The van der Waals surface area contributed by atoms with Crippen LogP contribution in [0.4, 0.5) is 10.5 Å². The maximum atomic E-state index is 13.8. The lowest BCUT2D eigenvalue weighted by Gasteiger charge is -2.34. The van der Waals surface area contributed by atoms with Crippen LogP contribution in [0.2, 0.25) is 5.02 Å². The topological polar surface area (TPSA) is 108 Å². The summed E-state index contributed by atoms with van der Waals surface area (Å²) in [5, 5.41) is 15.6. The van der Waals surface area contributed by atoms with E-state index in [0.29, 0.717) is 16.3 Å². The molecule has 3 amide bonds. The van der Waals surface area contributed by atoms with Crippen molar-refractivity contribution >= 4 is 35.2 Å². The predicted octanol–water partition coefficient (Wildman–Crippen LogP) is 4.68. The Balaban J connectivity index is 2.49. The van der Waals surface area contributed by atoms with Crippen LogP contribution in [0.1, 0.15) is 56.0 Å². The summed E-state index contributed by atoms with van der Waals surface area (Å²) in [6, 6.07) is 8.71. The third-order valence-electron chi connectivity index (χ3n) is 5.48. The second-order valence-electron chi connectivity index (χ2n) is 9.81. The molecule has 8 nitrogen and oxygen atoms in total. The lowest BCUT2D eigenvalue weighted by atomic mass is 9.96. The number of benzene rings is 2. The normalized spacial score (nSPS) is 12.9. The van der Waals surface area contributed by atoms with E-state index in [9.17, 15) is 19.5 Å². The van der Waals surface area contributed by atoms with Gasteiger partial charge in [0.1, 0.15) is 17.7 Å². The zero-order chi connectivity index (χ0) is 27.2. The van der Waals surface area contributed by atoms with Gasteiger partial charge in [0, 0.05) is 6.54 Å². The summed E-state index contributed by atoms with van der Waals surface area (Å²) in [5.74, 6) is -1.05. The number of alkyl carbamates (subject to hydrolysis) is 1. The van der Waals surface area contributed by atoms with Crippen LogP contribution in [0.3, 0.4) is 0 Å². The molecule has 0 spiro atoms. The molecule has 9 heteroatoms. The number of rotatable bonds is 8. The van der Waals surface area contributed by atoms with E-state index < -0.39 is 35.6 Å². The number of nitrogens with one attached hydrogen (secondary N) is 2. The van der Waals surface area contributed by atoms with Crippen molar-refractivity contribution < 1.29 is 24.2 Å². The molecule has 2 aromatic carbocycles. The van der Waals surface area contributed by atoms with Gasteiger partial charge in [0.2, 0.25) is 5.91 Å². The highest BCUT2D eigenvalue weighted by molar-refractivity contribution is 6.34. The van der Waals surface area contributed by atoms with E-state index in [-0.39, 0.29) is 13.2 Å². The Kier molecular flexibility index (Phi) is 9.90. The second-order valence-corrected chi connectivity index (χ2v) is 10.2. The number of aryl methyl sites for hydroxylation is 3. The summed E-state index contributed by atoms with van der Waals surface area (Å²) in [6.45, 7) is 11.7. The number of halogens is 1. The van der Waals surface area contributed by atoms with E-state index in [1.165, 1.54) is 11.8 Å². The summed E-state index contributed by atoms with van der Waals surface area (Å²) in [4.78, 5) is 40.9. The number of aliphatic hydroxyl groups is 1. The van der Waals surface area contributed by atoms with Crippen LogP contribution in [0.5, 0.6) is 0 Å². The lowest BCUT2D eigenvalue weighted by Crippen LogP contribution is -2.52. The molecule has 0 saturated carbocycles. The molecule has 0 aromatic heterocycles. The van der Waals surface area contributed by atoms with Gasteiger partial charge in [-0.3, -0.25) is 9.59 Å². The van der Waals surface area contributed by atoms with E-state index >= 15 is 0 Å². The van der Waals surface area contributed by atoms with Crippen LogP contribution in [0, 0.1) is 20.8 Å². The van der Waals surface area contributed by atoms with Gasteiger partial charge >= 0.3 is 6.09 Å². The van der Waals surface area contributed by atoms with Crippen molar-refractivity contribution in [3.63, 3.8) is 0 Å². The molecule has 36 heavy (non-hydrogen) atoms. The largest absolute Gasteiger partial charge is 0.444 e. The Labute approximate surface area is 218 Å². The summed E-state index contributed by atoms with van der Waals surface area (Å²) in [5.41, 5.74) is 2.85. The molecule has 2 aromatic rings. The number of para-hydroxylation sites is 1. The van der Waals surface area contributed by atoms with Crippen LogP contribution < -0.4 is 10.6 Å². The molecule has 0 saturated heterocycles. The Morgan fingerprint density at radius 3 is 2.31 bits per heavy atom. The van der Waals surface area contributed by atoms with Crippen LogP contribution in [-0.4, -0.2) is 52.7 Å². The van der Waals surface area contributed by atoms with Crippen molar-refractivity contribution in [2.45, 2.75) is 66.2 Å². The van der Waals surface area contributed by atoms with Crippen molar-refractivity contribution in [3.05, 3.63) is 63.7 Å². The first-order chi connectivity index (χ1) is 16.7. The number of carbonyl (C=O) groups is 3. The minimum atomic E-state index is -1.09. The Bertz CT molecular complexity index is 1090. The fourth-order valence-corrected chi connectivity index (χ4v) is 4.10. The Morgan fingerprint density at radius 2 is 1.75 bits per heavy atom. The number of ether oxygens (including phenoxy) is 1. The van der Waals surface area contributed by atoms with Crippen LogP contribution in [-0.2, 0) is 14.3 Å². The van der Waals surface area contributed by atoms with E-state index in [1.807, 2.05) is 39.0 Å². The SMILES string of the molecule is Cc1ccc(C(C(=O)Nc2c(C)cccc2Cl)N(CCO)C(=O)C(C)NC(=O)OC(C)(C)C)c(C)c1. The molecule has 2 rings (SSSR count). The van der Waals surface area contributed by atoms with Gasteiger partial charge in [-0.2, -0.15) is 0 Å². The first kappa shape index (κ1) is 29.1. The van der Waals surface area contributed by atoms with Crippen molar-refractivity contribution in [1.82, 2.24) is 10.2 Å². The van der Waals surface area contributed by atoms with Crippen LogP contribution >= 0.6 is 11.6 Å². The van der Waals surface area contributed by atoms with Gasteiger partial charge in [-0.15, -0.1) is 0 Å². The number of amides is 3. The average molecular weight is 518 g/mol. The lowest BCUT2D eigenvalue weighted by molar-refractivity contribution is -0.141. The number of hydrogen-bond donors (Lipinski definition) is 3. The molecular weight excluding hydrogens is 482 g/mol. The molecule has 196 valence electrons. The number of carbonyl (C=O) groups excluding carboxylic acids is 3. The maximum Gasteiger partial charge on any atom is 0.408 e. The van der Waals surface area contributed by atoms with Gasteiger partial charge in [-0.1, -0.05) is 47.5 Å². The monoisotopic (exact) mass is 517 g/mol. The van der Waals surface area contributed by atoms with E-state index in [4.69, 9.17) is 16.3 Å². The number of aliphatic hydroxyl groups excluding tert-OH is 1. The van der Waals surface area contributed by atoms with Gasteiger partial charge in [-0.25, -0.2) is 4.79 Å². The number of nitrogens with zero attached hydrogens (tertiary/aromatic N) is 1. The van der Waals surface area contributed by atoms with Crippen LogP contribution in [0.15, 0.2) is 36.4 Å². The van der Waals surface area contributed by atoms with E-state index in [2.05, 4.69) is 10.6 Å². The molecule has 0 aliphatic carbocycles. The second kappa shape index (κ2) is 12.2. The minimum absolute atomic E-state index is 0.133. The number of anilines is 1. The molecule has 2 unspecified atom stereocenters. The standard InChI is InChI=1S/C27H36ClN3O5/c1-16-11-12-20(18(3)15-16)23(24(33)30-22-17(2)9-8-10-21(22)28)31(13-14-32)25(34)19(4)29-26(35)36-27(5,6)7/h8-12,15,19,23,32H,13-14H2,1-7H3,(H,29,35)(H,30,33). The van der Waals surface area contributed by atoms with E-state index in [1.54, 1.807) is 39.0 Å². The summed E-state index contributed by atoms with van der Waals surface area (Å²) in [7, 11) is 0. The first-order valence-electron chi connectivity index (χ1n) is 11.8. The Morgan fingerprint density at radius 1 is 1.08 bits per heavy atom. The zero-order valence-corrected chi connectivity index (χ0v) is 22.7. The van der Waals surface area contributed by atoms with Crippen LogP contribution in [0.25, 0.3) is 0 Å². The number of hydrogen-bond acceptors (Lipinski definition) is 5. The van der Waals surface area contributed by atoms with Gasteiger partial charge < -0.3 is 25.4 Å². The predicted molar refractivity (Wildman–Crippen MR) is 141 cm³/mol. The van der Waals surface area contributed by atoms with Crippen molar-refractivity contribution in [2.24, 2.45) is 0 Å². The highest BCUT2D eigenvalue weighted by atomic mass is 35.5. The quantitative estimate of drug-likeness (QED) is 0.471. The molecule has 3 N–H and O–H groups in total. The zero-order valence-electron chi connectivity index (χ0n) is 21.9. The molecule has 0 aliphatic rings. The van der Waals surface area contributed by atoms with Crippen molar-refractivity contribution in [2.75, 3.05) is 18.5 Å². The summed E-state index contributed by atoms with van der Waals surface area (Å²) >= 11 is 6.34. The highest BCUT2D eigenvalue weighted by Crippen LogP contribution is 2.30. The third kappa shape index (κ3) is 7.70. The van der Waals surface area contributed by atoms with Gasteiger partial charge in [0.25, 0.3) is 5.91 Å². The van der Waals surface area contributed by atoms with Gasteiger partial charge in [0.05, 0.1) is 17.3 Å².